The van der Waals surface area contributed by atoms with Crippen molar-refractivity contribution in [2.75, 3.05) is 13.1 Å². The quantitative estimate of drug-likeness (QED) is 0.851. The molecule has 7 heteroatoms. The fraction of sp³-hybridized carbons (Fsp3) is 0.353. The Hall–Kier alpha value is -2.21. The minimum Gasteiger partial charge on any atom is -0.458 e. The maximum atomic E-state index is 13.7. The first-order valence-corrected chi connectivity index (χ1v) is 8.15. The summed E-state index contributed by atoms with van der Waals surface area (Å²) in [5.74, 6) is -0.462. The van der Waals surface area contributed by atoms with Crippen LogP contribution in [0.4, 0.5) is 4.39 Å². The van der Waals surface area contributed by atoms with Gasteiger partial charge in [0.05, 0.1) is 30.4 Å². The molecule has 126 valence electrons. The summed E-state index contributed by atoms with van der Waals surface area (Å²) in [4.78, 5) is 22.1. The summed E-state index contributed by atoms with van der Waals surface area (Å²) in [6, 6.07) is 6.58. The van der Waals surface area contributed by atoms with E-state index in [0.717, 1.165) is 12.8 Å². The number of carbonyl (C=O) groups excluding carboxylic acids is 1. The second-order valence-corrected chi connectivity index (χ2v) is 6.11. The van der Waals surface area contributed by atoms with Crippen LogP contribution in [0.1, 0.15) is 18.4 Å². The molecule has 1 atom stereocenters. The number of hydrogen-bond donors (Lipinski definition) is 0. The molecule has 1 saturated heterocycles. The molecule has 0 N–H and O–H groups in total. The molecule has 3 rings (SSSR count). The molecule has 0 saturated carbocycles. The molecule has 24 heavy (non-hydrogen) atoms. The monoisotopic (exact) mass is 349 g/mol. The Kier molecular flexibility index (Phi) is 5.25. The molecule has 0 bridgehead atoms. The van der Waals surface area contributed by atoms with E-state index in [1.54, 1.807) is 23.1 Å². The van der Waals surface area contributed by atoms with Crippen LogP contribution >= 0.6 is 11.6 Å². The molecule has 2 aromatic rings. The molecule has 0 spiro atoms. The fourth-order valence-electron chi connectivity index (χ4n) is 2.69. The van der Waals surface area contributed by atoms with Crippen molar-refractivity contribution in [2.45, 2.75) is 25.4 Å². The van der Waals surface area contributed by atoms with Crippen molar-refractivity contribution < 1.29 is 13.9 Å². The van der Waals surface area contributed by atoms with Gasteiger partial charge >= 0.3 is 6.01 Å². The summed E-state index contributed by atoms with van der Waals surface area (Å²) in [6.07, 6.45) is 4.44. The van der Waals surface area contributed by atoms with Gasteiger partial charge in [0.2, 0.25) is 5.91 Å². The fourth-order valence-corrected chi connectivity index (χ4v) is 2.79. The molecule has 1 fully saturated rings. The number of likely N-dealkylation sites (tertiary alicyclic amines) is 1. The zero-order valence-corrected chi connectivity index (χ0v) is 13.7. The van der Waals surface area contributed by atoms with E-state index < -0.39 is 0 Å². The van der Waals surface area contributed by atoms with Crippen molar-refractivity contribution >= 4 is 17.5 Å². The normalized spacial score (nSPS) is 17.6. The van der Waals surface area contributed by atoms with Crippen molar-refractivity contribution in [1.29, 1.82) is 0 Å². The van der Waals surface area contributed by atoms with Gasteiger partial charge in [-0.15, -0.1) is 0 Å². The summed E-state index contributed by atoms with van der Waals surface area (Å²) < 4.78 is 19.4. The minimum atomic E-state index is -0.356. The maximum absolute atomic E-state index is 13.7. The average Bonchev–Trinajstić information content (AvgIpc) is 2.59. The maximum Gasteiger partial charge on any atom is 0.316 e. The SMILES string of the molecule is O=C(Cc1ccccc1F)N1CCC[C@H](Oc2ncc(Cl)cn2)C1. The van der Waals surface area contributed by atoms with Crippen LogP contribution < -0.4 is 4.74 Å². The van der Waals surface area contributed by atoms with E-state index in [1.165, 1.54) is 18.5 Å². The zero-order valence-electron chi connectivity index (χ0n) is 13.0. The van der Waals surface area contributed by atoms with E-state index in [9.17, 15) is 9.18 Å². The molecular formula is C17H17ClFN3O2. The molecule has 5 nitrogen and oxygen atoms in total. The standard InChI is InChI=1S/C17H17ClFN3O2/c18-13-9-20-17(21-10-13)24-14-5-3-7-22(11-14)16(23)8-12-4-1-2-6-15(12)19/h1-2,4,6,9-10,14H,3,5,7-8,11H2/t14-/m0/s1. The third-order valence-electron chi connectivity index (χ3n) is 3.90. The number of carbonyl (C=O) groups is 1. The summed E-state index contributed by atoms with van der Waals surface area (Å²) in [6.45, 7) is 1.09. The lowest BCUT2D eigenvalue weighted by atomic mass is 10.1. The Morgan fingerprint density at radius 1 is 1.33 bits per heavy atom. The highest BCUT2D eigenvalue weighted by atomic mass is 35.5. The lowest BCUT2D eigenvalue weighted by Gasteiger charge is -2.32. The number of nitrogens with zero attached hydrogens (tertiary/aromatic N) is 3. The van der Waals surface area contributed by atoms with Crippen LogP contribution in [0.5, 0.6) is 6.01 Å². The smallest absolute Gasteiger partial charge is 0.316 e. The van der Waals surface area contributed by atoms with Crippen LogP contribution in [-0.2, 0) is 11.2 Å². The van der Waals surface area contributed by atoms with Crippen molar-refractivity contribution in [2.24, 2.45) is 0 Å². The van der Waals surface area contributed by atoms with Gasteiger partial charge in [0, 0.05) is 6.54 Å². The molecule has 1 aromatic heterocycles. The van der Waals surface area contributed by atoms with Crippen molar-refractivity contribution in [1.82, 2.24) is 14.9 Å². The van der Waals surface area contributed by atoms with Crippen LogP contribution in [-0.4, -0.2) is 40.0 Å². The van der Waals surface area contributed by atoms with Gasteiger partial charge in [0.1, 0.15) is 11.9 Å². The lowest BCUT2D eigenvalue weighted by molar-refractivity contribution is -0.133. The second-order valence-electron chi connectivity index (χ2n) is 5.67. The van der Waals surface area contributed by atoms with Crippen molar-refractivity contribution in [3.05, 3.63) is 53.1 Å². The minimum absolute atomic E-state index is 0.0524. The highest BCUT2D eigenvalue weighted by molar-refractivity contribution is 6.30. The van der Waals surface area contributed by atoms with Crippen LogP contribution in [0.15, 0.2) is 36.7 Å². The number of hydrogen-bond acceptors (Lipinski definition) is 4. The number of benzene rings is 1. The van der Waals surface area contributed by atoms with Crippen molar-refractivity contribution in [3.8, 4) is 6.01 Å². The predicted octanol–water partition coefficient (Wildman–Crippen LogP) is 2.88. The van der Waals surface area contributed by atoms with E-state index in [0.29, 0.717) is 23.7 Å². The Bertz CT molecular complexity index is 711. The number of halogens is 2. The van der Waals surface area contributed by atoms with Gasteiger partial charge in [0.25, 0.3) is 0 Å². The van der Waals surface area contributed by atoms with Gasteiger partial charge < -0.3 is 9.64 Å². The molecule has 0 aliphatic carbocycles. The second kappa shape index (κ2) is 7.57. The third kappa shape index (κ3) is 4.20. The molecule has 1 aromatic carbocycles. The number of amides is 1. The highest BCUT2D eigenvalue weighted by Crippen LogP contribution is 2.18. The van der Waals surface area contributed by atoms with Gasteiger partial charge in [-0.3, -0.25) is 4.79 Å². The van der Waals surface area contributed by atoms with Crippen LogP contribution in [0, 0.1) is 5.82 Å². The van der Waals surface area contributed by atoms with Crippen LogP contribution in [0.2, 0.25) is 5.02 Å². The Balaban J connectivity index is 1.59. The molecule has 0 unspecified atom stereocenters. The van der Waals surface area contributed by atoms with Crippen LogP contribution in [0.25, 0.3) is 0 Å². The first-order valence-electron chi connectivity index (χ1n) is 7.77. The molecule has 2 heterocycles. The van der Waals surface area contributed by atoms with E-state index >= 15 is 0 Å². The van der Waals surface area contributed by atoms with E-state index in [1.807, 2.05) is 0 Å². The van der Waals surface area contributed by atoms with Gasteiger partial charge in [-0.1, -0.05) is 29.8 Å². The summed E-state index contributed by atoms with van der Waals surface area (Å²) in [5, 5.41) is 0.438. The van der Waals surface area contributed by atoms with E-state index in [4.69, 9.17) is 16.3 Å². The number of aromatic nitrogens is 2. The average molecular weight is 350 g/mol. The first-order chi connectivity index (χ1) is 11.6. The molecule has 1 aliphatic rings. The number of ether oxygens (including phenoxy) is 1. The number of piperidine rings is 1. The molecule has 0 radical (unpaired) electrons. The first kappa shape index (κ1) is 16.6. The van der Waals surface area contributed by atoms with Crippen molar-refractivity contribution in [3.63, 3.8) is 0 Å². The Morgan fingerprint density at radius 2 is 2.08 bits per heavy atom. The Labute approximate surface area is 144 Å². The number of rotatable bonds is 4. The molecule has 1 aliphatic heterocycles. The van der Waals surface area contributed by atoms with Gasteiger partial charge in [-0.25, -0.2) is 14.4 Å². The lowest BCUT2D eigenvalue weighted by Crippen LogP contribution is -2.45. The largest absolute Gasteiger partial charge is 0.458 e. The van der Waals surface area contributed by atoms with Gasteiger partial charge in [-0.2, -0.15) is 0 Å². The zero-order chi connectivity index (χ0) is 16.9. The van der Waals surface area contributed by atoms with Gasteiger partial charge in [0.15, 0.2) is 0 Å². The van der Waals surface area contributed by atoms with Gasteiger partial charge in [-0.05, 0) is 24.5 Å². The summed E-state index contributed by atoms with van der Waals surface area (Å²) >= 11 is 5.74. The Morgan fingerprint density at radius 3 is 2.83 bits per heavy atom. The van der Waals surface area contributed by atoms with E-state index in [-0.39, 0.29) is 30.3 Å². The molecular weight excluding hydrogens is 333 g/mol. The van der Waals surface area contributed by atoms with Crippen LogP contribution in [0.3, 0.4) is 0 Å². The third-order valence-corrected chi connectivity index (χ3v) is 4.09. The summed E-state index contributed by atoms with van der Waals surface area (Å²) in [7, 11) is 0. The van der Waals surface area contributed by atoms with E-state index in [2.05, 4.69) is 9.97 Å². The highest BCUT2D eigenvalue weighted by Gasteiger charge is 2.26. The molecule has 1 amide bonds. The summed E-state index contributed by atoms with van der Waals surface area (Å²) in [5.41, 5.74) is 0.409. The topological polar surface area (TPSA) is 55.3 Å². The predicted molar refractivity (Wildman–Crippen MR) is 87.4 cm³/mol.